The van der Waals surface area contributed by atoms with Crippen LogP contribution in [-0.4, -0.2) is 10.2 Å². The van der Waals surface area contributed by atoms with E-state index >= 15 is 0 Å². The van der Waals surface area contributed by atoms with E-state index in [1.807, 2.05) is 12.1 Å². The number of hydrogen-bond donors (Lipinski definition) is 2. The minimum atomic E-state index is 0.437. The Morgan fingerprint density at radius 1 is 1.31 bits per heavy atom. The highest BCUT2D eigenvalue weighted by molar-refractivity contribution is 6.34. The Labute approximate surface area is 96.0 Å². The third-order valence-corrected chi connectivity index (χ3v) is 2.77. The summed E-state index contributed by atoms with van der Waals surface area (Å²) < 4.78 is 5.32. The molecule has 1 aromatic carbocycles. The molecule has 0 radical (unpaired) electrons. The van der Waals surface area contributed by atoms with Crippen molar-refractivity contribution in [3.05, 3.63) is 35.6 Å². The van der Waals surface area contributed by atoms with Gasteiger partial charge in [0.15, 0.2) is 0 Å². The molecule has 3 N–H and O–H groups in total. The fourth-order valence-corrected chi connectivity index (χ4v) is 2.02. The molecule has 0 unspecified atom stereocenters. The van der Waals surface area contributed by atoms with Crippen molar-refractivity contribution < 1.29 is 4.42 Å². The van der Waals surface area contributed by atoms with Crippen LogP contribution in [0, 0.1) is 0 Å². The van der Waals surface area contributed by atoms with Crippen LogP contribution in [0.4, 0.5) is 5.82 Å². The summed E-state index contributed by atoms with van der Waals surface area (Å²) in [5, 5.41) is 8.31. The second kappa shape index (κ2) is 3.28. The molecular weight excluding hydrogens is 226 g/mol. The summed E-state index contributed by atoms with van der Waals surface area (Å²) >= 11 is 6.17. The Balaban J connectivity index is 2.36. The summed E-state index contributed by atoms with van der Waals surface area (Å²) in [5.41, 5.74) is 8.01. The first-order valence-electron chi connectivity index (χ1n) is 4.72. The third-order valence-electron chi connectivity index (χ3n) is 2.45. The Morgan fingerprint density at radius 2 is 2.19 bits per heavy atom. The standard InChI is InChI=1S/C11H8ClN3O/c12-7-1-2-9-6(3-4-16-9)11(7)8-5-10(13)15-14-8/h1-5H,(H3,13,14,15). The Morgan fingerprint density at radius 3 is 2.94 bits per heavy atom. The van der Waals surface area contributed by atoms with Crippen LogP contribution in [0.3, 0.4) is 0 Å². The average Bonchev–Trinajstić information content (AvgIpc) is 2.86. The van der Waals surface area contributed by atoms with E-state index in [-0.39, 0.29) is 0 Å². The van der Waals surface area contributed by atoms with Crippen LogP contribution in [0.25, 0.3) is 22.2 Å². The van der Waals surface area contributed by atoms with Gasteiger partial charge < -0.3 is 10.2 Å². The highest BCUT2D eigenvalue weighted by atomic mass is 35.5. The molecule has 2 heterocycles. The minimum absolute atomic E-state index is 0.437. The monoisotopic (exact) mass is 233 g/mol. The van der Waals surface area contributed by atoms with Crippen molar-refractivity contribution >= 4 is 28.4 Å². The van der Waals surface area contributed by atoms with Crippen LogP contribution < -0.4 is 5.73 Å². The second-order valence-electron chi connectivity index (χ2n) is 3.46. The molecule has 0 saturated heterocycles. The SMILES string of the molecule is Nc1cc(-c2c(Cl)ccc3occc23)[nH]n1. The molecule has 4 nitrogen and oxygen atoms in total. The Bertz CT molecular complexity index is 656. The van der Waals surface area contributed by atoms with Crippen LogP contribution in [0.2, 0.25) is 5.02 Å². The number of hydrogen-bond acceptors (Lipinski definition) is 3. The molecule has 3 aromatic rings. The van der Waals surface area contributed by atoms with Crippen LogP contribution in [0.5, 0.6) is 0 Å². The molecule has 2 aromatic heterocycles. The van der Waals surface area contributed by atoms with Crippen LogP contribution >= 0.6 is 11.6 Å². The molecule has 0 bridgehead atoms. The topological polar surface area (TPSA) is 67.8 Å². The molecule has 0 fully saturated rings. The van der Waals surface area contributed by atoms with Crippen molar-refractivity contribution in [3.63, 3.8) is 0 Å². The van der Waals surface area contributed by atoms with E-state index in [1.165, 1.54) is 0 Å². The molecular formula is C11H8ClN3O. The van der Waals surface area contributed by atoms with Gasteiger partial charge in [-0.3, -0.25) is 5.10 Å². The molecule has 0 atom stereocenters. The molecule has 0 saturated carbocycles. The number of aromatic amines is 1. The zero-order valence-corrected chi connectivity index (χ0v) is 8.95. The maximum absolute atomic E-state index is 6.17. The molecule has 0 aliphatic heterocycles. The molecule has 80 valence electrons. The first-order chi connectivity index (χ1) is 7.75. The van der Waals surface area contributed by atoms with Crippen molar-refractivity contribution in [1.82, 2.24) is 10.2 Å². The van der Waals surface area contributed by atoms with E-state index in [9.17, 15) is 0 Å². The van der Waals surface area contributed by atoms with E-state index in [4.69, 9.17) is 21.8 Å². The number of furan rings is 1. The fraction of sp³-hybridized carbons (Fsp3) is 0. The van der Waals surface area contributed by atoms with Gasteiger partial charge in [-0.05, 0) is 18.2 Å². The van der Waals surface area contributed by atoms with Crippen molar-refractivity contribution in [1.29, 1.82) is 0 Å². The normalized spacial score (nSPS) is 11.1. The average molecular weight is 234 g/mol. The molecule has 5 heteroatoms. The number of fused-ring (bicyclic) bond motifs is 1. The minimum Gasteiger partial charge on any atom is -0.464 e. The van der Waals surface area contributed by atoms with E-state index < -0.39 is 0 Å². The molecule has 0 aliphatic carbocycles. The number of benzene rings is 1. The smallest absolute Gasteiger partial charge is 0.145 e. The number of anilines is 1. The lowest BCUT2D eigenvalue weighted by Crippen LogP contribution is -1.81. The first kappa shape index (κ1) is 9.30. The Hall–Kier alpha value is -1.94. The van der Waals surface area contributed by atoms with E-state index in [0.717, 1.165) is 22.2 Å². The van der Waals surface area contributed by atoms with Gasteiger partial charge in [0.2, 0.25) is 0 Å². The van der Waals surface area contributed by atoms with Crippen molar-refractivity contribution in [3.8, 4) is 11.3 Å². The van der Waals surface area contributed by atoms with E-state index in [0.29, 0.717) is 10.8 Å². The van der Waals surface area contributed by atoms with Gasteiger partial charge in [0.1, 0.15) is 11.4 Å². The number of rotatable bonds is 1. The number of nitrogen functional groups attached to an aromatic ring is 1. The second-order valence-corrected chi connectivity index (χ2v) is 3.87. The third kappa shape index (κ3) is 1.27. The lowest BCUT2D eigenvalue weighted by Gasteiger charge is -2.02. The highest BCUT2D eigenvalue weighted by Crippen LogP contribution is 2.35. The van der Waals surface area contributed by atoms with Gasteiger partial charge in [0.05, 0.1) is 17.0 Å². The van der Waals surface area contributed by atoms with Crippen molar-refractivity contribution in [2.45, 2.75) is 0 Å². The van der Waals surface area contributed by atoms with Gasteiger partial charge in [-0.2, -0.15) is 5.10 Å². The number of aromatic nitrogens is 2. The molecule has 0 aliphatic rings. The summed E-state index contributed by atoms with van der Waals surface area (Å²) in [5.74, 6) is 0.437. The summed E-state index contributed by atoms with van der Waals surface area (Å²) in [4.78, 5) is 0. The maximum atomic E-state index is 6.17. The summed E-state index contributed by atoms with van der Waals surface area (Å²) in [6.07, 6.45) is 1.63. The quantitative estimate of drug-likeness (QED) is 0.679. The summed E-state index contributed by atoms with van der Waals surface area (Å²) in [7, 11) is 0. The molecule has 0 spiro atoms. The van der Waals surface area contributed by atoms with Gasteiger partial charge in [0, 0.05) is 17.0 Å². The first-order valence-corrected chi connectivity index (χ1v) is 5.10. The predicted molar refractivity (Wildman–Crippen MR) is 63.2 cm³/mol. The lowest BCUT2D eigenvalue weighted by molar-refractivity contribution is 0.616. The number of nitrogens with two attached hydrogens (primary N) is 1. The maximum Gasteiger partial charge on any atom is 0.145 e. The molecule has 16 heavy (non-hydrogen) atoms. The number of H-pyrrole nitrogens is 1. The summed E-state index contributed by atoms with van der Waals surface area (Å²) in [6, 6.07) is 7.24. The number of halogens is 1. The molecule has 0 amide bonds. The zero-order valence-electron chi connectivity index (χ0n) is 8.20. The zero-order chi connectivity index (χ0) is 11.1. The van der Waals surface area contributed by atoms with E-state index in [1.54, 1.807) is 18.4 Å². The van der Waals surface area contributed by atoms with Gasteiger partial charge in [0.25, 0.3) is 0 Å². The van der Waals surface area contributed by atoms with Gasteiger partial charge in [-0.25, -0.2) is 0 Å². The predicted octanol–water partition coefficient (Wildman–Crippen LogP) is 3.06. The largest absolute Gasteiger partial charge is 0.464 e. The van der Waals surface area contributed by atoms with Crippen LogP contribution in [-0.2, 0) is 0 Å². The van der Waals surface area contributed by atoms with Crippen LogP contribution in [0.15, 0.2) is 34.9 Å². The van der Waals surface area contributed by atoms with Crippen molar-refractivity contribution in [2.75, 3.05) is 5.73 Å². The molecule has 3 rings (SSSR count). The lowest BCUT2D eigenvalue weighted by atomic mass is 10.1. The van der Waals surface area contributed by atoms with Gasteiger partial charge in [-0.15, -0.1) is 0 Å². The summed E-state index contributed by atoms with van der Waals surface area (Å²) in [6.45, 7) is 0. The van der Waals surface area contributed by atoms with Crippen LogP contribution in [0.1, 0.15) is 0 Å². The number of nitrogens with zero attached hydrogens (tertiary/aromatic N) is 1. The highest BCUT2D eigenvalue weighted by Gasteiger charge is 2.12. The van der Waals surface area contributed by atoms with Crippen molar-refractivity contribution in [2.24, 2.45) is 0 Å². The van der Waals surface area contributed by atoms with E-state index in [2.05, 4.69) is 10.2 Å². The van der Waals surface area contributed by atoms with Gasteiger partial charge >= 0.3 is 0 Å². The fourth-order valence-electron chi connectivity index (χ4n) is 1.76. The Kier molecular flexibility index (Phi) is 1.91. The van der Waals surface area contributed by atoms with Gasteiger partial charge in [-0.1, -0.05) is 11.6 Å². The number of nitrogens with one attached hydrogen (secondary N) is 1.